The fraction of sp³-hybridized carbons (Fsp3) is 0.276. The Bertz CT molecular complexity index is 2130. The Morgan fingerprint density at radius 1 is 1.20 bits per heavy atom. The predicted molar refractivity (Wildman–Crippen MR) is 156 cm³/mol. The van der Waals surface area contributed by atoms with Gasteiger partial charge in [-0.2, -0.15) is 33.5 Å². The number of fused-ring (bicyclic) bond motifs is 3. The lowest BCUT2D eigenvalue weighted by Gasteiger charge is -2.35. The first kappa shape index (κ1) is 29.6. The van der Waals surface area contributed by atoms with E-state index in [1.54, 1.807) is 21.7 Å². The lowest BCUT2D eigenvalue weighted by molar-refractivity contribution is -0.137. The molecule has 0 radical (unpaired) electrons. The normalized spacial score (nSPS) is 15.3. The van der Waals surface area contributed by atoms with Gasteiger partial charge in [-0.25, -0.2) is 8.78 Å². The van der Waals surface area contributed by atoms with Crippen molar-refractivity contribution in [2.24, 2.45) is 0 Å². The highest BCUT2D eigenvalue weighted by atomic mass is 32.1. The van der Waals surface area contributed by atoms with Crippen LogP contribution in [-0.4, -0.2) is 68.5 Å². The number of ether oxygens (including phenoxy) is 1. The Morgan fingerprint density at radius 2 is 1.96 bits per heavy atom. The molecule has 236 valence electrons. The molecule has 46 heavy (non-hydrogen) atoms. The lowest BCUT2D eigenvalue weighted by Crippen LogP contribution is -2.53. The fourth-order valence-electron chi connectivity index (χ4n) is 5.85. The Hall–Kier alpha value is -5.08. The van der Waals surface area contributed by atoms with E-state index in [2.05, 4.69) is 15.1 Å². The van der Waals surface area contributed by atoms with Crippen molar-refractivity contribution < 1.29 is 36.6 Å². The van der Waals surface area contributed by atoms with Crippen LogP contribution >= 0.6 is 11.3 Å². The molecule has 5 aromatic rings. The molecule has 5 heterocycles. The van der Waals surface area contributed by atoms with Crippen molar-refractivity contribution in [1.29, 1.82) is 5.26 Å². The van der Waals surface area contributed by atoms with E-state index in [4.69, 9.17) is 10.5 Å². The van der Waals surface area contributed by atoms with E-state index in [1.807, 2.05) is 0 Å². The molecule has 1 amide bonds. The molecule has 2 aliphatic heterocycles. The number of aliphatic hydroxyl groups excluding tert-OH is 1. The van der Waals surface area contributed by atoms with E-state index < -0.39 is 40.6 Å². The number of halogens is 5. The molecule has 11 nitrogen and oxygen atoms in total. The summed E-state index contributed by atoms with van der Waals surface area (Å²) >= 11 is 0.675. The summed E-state index contributed by atoms with van der Waals surface area (Å²) in [6, 6.07) is 5.63. The molecule has 0 unspecified atom stereocenters. The van der Waals surface area contributed by atoms with Crippen LogP contribution in [0.2, 0.25) is 0 Å². The van der Waals surface area contributed by atoms with Gasteiger partial charge in [0.1, 0.15) is 28.2 Å². The molecule has 0 atom stereocenters. The second-order valence-electron chi connectivity index (χ2n) is 10.8. The smallest absolute Gasteiger partial charge is 0.417 e. The van der Waals surface area contributed by atoms with Crippen LogP contribution in [0.4, 0.5) is 32.8 Å². The summed E-state index contributed by atoms with van der Waals surface area (Å²) in [5.41, 5.74) is 3.15. The van der Waals surface area contributed by atoms with Crippen LogP contribution in [-0.2, 0) is 19.3 Å². The number of nitriles is 1. The van der Waals surface area contributed by atoms with E-state index in [-0.39, 0.29) is 87.8 Å². The number of carbonyl (C=O) groups excluding carboxylic acids is 1. The molecule has 3 aromatic heterocycles. The van der Waals surface area contributed by atoms with E-state index >= 15 is 4.39 Å². The largest absolute Gasteiger partial charge is 0.467 e. The van der Waals surface area contributed by atoms with Crippen molar-refractivity contribution in [3.05, 3.63) is 58.4 Å². The van der Waals surface area contributed by atoms with Crippen molar-refractivity contribution in [3.8, 4) is 23.2 Å². The number of hydrogen-bond donors (Lipinski definition) is 2. The zero-order valence-electron chi connectivity index (χ0n) is 23.7. The summed E-state index contributed by atoms with van der Waals surface area (Å²) < 4.78 is 82.2. The van der Waals surface area contributed by atoms with Gasteiger partial charge in [0.25, 0.3) is 5.91 Å². The molecule has 17 heteroatoms. The first-order valence-electron chi connectivity index (χ1n) is 13.7. The molecule has 0 aliphatic carbocycles. The number of methoxy groups -OCH3 is 1. The van der Waals surface area contributed by atoms with E-state index in [0.717, 1.165) is 18.2 Å². The maximum absolute atomic E-state index is 16.6. The Kier molecular flexibility index (Phi) is 6.76. The van der Waals surface area contributed by atoms with Gasteiger partial charge in [0, 0.05) is 36.0 Å². The summed E-state index contributed by atoms with van der Waals surface area (Å²) in [5.74, 6) is -2.61. The third-order valence-corrected chi connectivity index (χ3v) is 9.07. The van der Waals surface area contributed by atoms with Gasteiger partial charge >= 0.3 is 12.2 Å². The number of rotatable bonds is 4. The molecule has 2 aliphatic rings. The minimum atomic E-state index is -5.10. The second-order valence-corrected chi connectivity index (χ2v) is 11.9. The minimum Gasteiger partial charge on any atom is -0.467 e. The van der Waals surface area contributed by atoms with Crippen LogP contribution < -0.4 is 15.4 Å². The molecule has 0 spiro atoms. The average molecular weight is 657 g/mol. The third kappa shape index (κ3) is 4.55. The van der Waals surface area contributed by atoms with Crippen LogP contribution in [0.1, 0.15) is 27.3 Å². The second kappa shape index (κ2) is 10.5. The predicted octanol–water partition coefficient (Wildman–Crippen LogP) is 4.30. The number of anilines is 2. The molecule has 0 saturated carbocycles. The molecule has 2 aromatic carbocycles. The standard InChI is InChI=1S/C29H21F5N8O3S/c1-45-28-37-23-15(26(38-28)40-4-5-42-12(9-40)6-19(39-42)27(44)41-10-13(43)11-41)7-17(29(32,33)34)21(22(23)31)14-2-3-18(30)24-20(14)16(8-35)25(36)46-24/h2-3,6-7,13,43H,4-5,9-11,36H2,1H3. The summed E-state index contributed by atoms with van der Waals surface area (Å²) in [6.07, 6.45) is -5.69. The quantitative estimate of drug-likeness (QED) is 0.270. The van der Waals surface area contributed by atoms with E-state index in [9.17, 15) is 32.7 Å². The number of β-amino-alcohol motifs (C(OH)–C–C–N with tert-alkyl or cyclic N) is 1. The van der Waals surface area contributed by atoms with Gasteiger partial charge in [-0.15, -0.1) is 11.3 Å². The van der Waals surface area contributed by atoms with Gasteiger partial charge in [-0.05, 0) is 23.8 Å². The van der Waals surface area contributed by atoms with E-state index in [1.165, 1.54) is 12.0 Å². The van der Waals surface area contributed by atoms with Crippen LogP contribution in [0.5, 0.6) is 6.01 Å². The van der Waals surface area contributed by atoms with E-state index in [0.29, 0.717) is 17.0 Å². The van der Waals surface area contributed by atoms with Crippen LogP contribution in [0, 0.1) is 23.0 Å². The van der Waals surface area contributed by atoms with Crippen molar-refractivity contribution in [1.82, 2.24) is 24.6 Å². The lowest BCUT2D eigenvalue weighted by atomic mass is 9.92. The fourth-order valence-corrected chi connectivity index (χ4v) is 6.80. The average Bonchev–Trinajstić information content (AvgIpc) is 3.59. The number of aromatic nitrogens is 4. The van der Waals surface area contributed by atoms with Crippen LogP contribution in [0.25, 0.3) is 32.1 Å². The van der Waals surface area contributed by atoms with Gasteiger partial charge in [0.05, 0.1) is 47.8 Å². The summed E-state index contributed by atoms with van der Waals surface area (Å²) in [7, 11) is 1.22. The summed E-state index contributed by atoms with van der Waals surface area (Å²) in [4.78, 5) is 24.2. The van der Waals surface area contributed by atoms with Gasteiger partial charge in [0.15, 0.2) is 11.5 Å². The van der Waals surface area contributed by atoms with Crippen molar-refractivity contribution in [3.63, 3.8) is 0 Å². The molecule has 1 fully saturated rings. The molecule has 1 saturated heterocycles. The Labute approximate surface area is 259 Å². The van der Waals surface area contributed by atoms with Crippen LogP contribution in [0.3, 0.4) is 0 Å². The van der Waals surface area contributed by atoms with Crippen molar-refractivity contribution >= 4 is 49.1 Å². The molecular formula is C29H21F5N8O3S. The first-order valence-corrected chi connectivity index (χ1v) is 14.6. The number of thiophene rings is 1. The minimum absolute atomic E-state index is 0.0502. The molecule has 3 N–H and O–H groups in total. The van der Waals surface area contributed by atoms with Gasteiger partial charge in [0.2, 0.25) is 0 Å². The number of benzene rings is 2. The molecule has 7 rings (SSSR count). The Balaban J connectivity index is 1.40. The summed E-state index contributed by atoms with van der Waals surface area (Å²) in [5, 5.41) is 23.0. The molecular weight excluding hydrogens is 635 g/mol. The number of nitrogen functional groups attached to an aromatic ring is 1. The Morgan fingerprint density at radius 3 is 2.63 bits per heavy atom. The maximum atomic E-state index is 16.6. The first-order chi connectivity index (χ1) is 21.9. The number of carbonyl (C=O) groups is 1. The number of alkyl halides is 3. The third-order valence-electron chi connectivity index (χ3n) is 8.04. The number of nitrogens with two attached hydrogens (primary N) is 1. The summed E-state index contributed by atoms with van der Waals surface area (Å²) in [6.45, 7) is 0.853. The number of nitrogens with zero attached hydrogens (tertiary/aromatic N) is 7. The zero-order chi connectivity index (χ0) is 32.7. The monoisotopic (exact) mass is 656 g/mol. The van der Waals surface area contributed by atoms with Crippen molar-refractivity contribution in [2.75, 3.05) is 37.4 Å². The maximum Gasteiger partial charge on any atom is 0.417 e. The van der Waals surface area contributed by atoms with Crippen LogP contribution in [0.15, 0.2) is 24.3 Å². The topological polar surface area (TPSA) is 146 Å². The number of likely N-dealkylation sites (tertiary alicyclic amines) is 1. The SMILES string of the molecule is COc1nc(N2CCn3nc(C(=O)N4CC(O)C4)cc3C2)c2cc(C(F)(F)F)c(-c3ccc(F)c4sc(N)c(C#N)c34)c(F)c2n1. The number of amides is 1. The zero-order valence-corrected chi connectivity index (χ0v) is 24.5. The van der Waals surface area contributed by atoms with Gasteiger partial charge in [-0.3, -0.25) is 9.48 Å². The highest BCUT2D eigenvalue weighted by Crippen LogP contribution is 2.48. The van der Waals surface area contributed by atoms with Gasteiger partial charge < -0.3 is 25.4 Å². The highest BCUT2D eigenvalue weighted by Gasteiger charge is 2.39. The highest BCUT2D eigenvalue weighted by molar-refractivity contribution is 7.23. The van der Waals surface area contributed by atoms with Crippen molar-refractivity contribution in [2.45, 2.75) is 25.4 Å². The molecule has 0 bridgehead atoms. The number of aliphatic hydroxyl groups is 1. The number of hydrogen-bond acceptors (Lipinski definition) is 10. The van der Waals surface area contributed by atoms with Gasteiger partial charge in [-0.1, -0.05) is 6.07 Å².